The maximum absolute atomic E-state index is 11.2. The molecule has 19 heavy (non-hydrogen) atoms. The van der Waals surface area contributed by atoms with Crippen molar-refractivity contribution in [1.29, 1.82) is 0 Å². The Hall–Kier alpha value is -2.40. The van der Waals surface area contributed by atoms with Crippen molar-refractivity contribution in [2.75, 3.05) is 0 Å². The summed E-state index contributed by atoms with van der Waals surface area (Å²) in [5.74, 6) is -2.66. The van der Waals surface area contributed by atoms with Crippen LogP contribution < -0.4 is 0 Å². The summed E-state index contributed by atoms with van der Waals surface area (Å²) < 4.78 is 0. The minimum atomic E-state index is -1.34. The Balaban J connectivity index is 2.83. The van der Waals surface area contributed by atoms with Crippen molar-refractivity contribution < 1.29 is 24.6 Å². The molecule has 0 saturated heterocycles. The van der Waals surface area contributed by atoms with Gasteiger partial charge >= 0.3 is 11.9 Å². The average molecular weight is 279 g/mol. The number of carbonyl (C=O) groups is 3. The first kappa shape index (κ1) is 13.0. The van der Waals surface area contributed by atoms with Gasteiger partial charge in [-0.25, -0.2) is 9.59 Å². The summed E-state index contributed by atoms with van der Waals surface area (Å²) in [5, 5.41) is 18.1. The van der Waals surface area contributed by atoms with Gasteiger partial charge < -0.3 is 10.2 Å². The molecule has 0 aliphatic rings. The molecule has 0 fully saturated rings. The monoisotopic (exact) mass is 278 g/mol. The number of fused-ring (bicyclic) bond motifs is 1. The SMILES string of the molecule is O=C(Cl)c1ccc2c(C(=O)O)c(C(=O)O)ccc2c1. The Labute approximate surface area is 112 Å². The first-order chi connectivity index (χ1) is 8.91. The fourth-order valence-electron chi connectivity index (χ4n) is 1.86. The number of rotatable bonds is 3. The van der Waals surface area contributed by atoms with Crippen LogP contribution in [0.3, 0.4) is 0 Å². The van der Waals surface area contributed by atoms with E-state index >= 15 is 0 Å². The van der Waals surface area contributed by atoms with Crippen molar-refractivity contribution >= 4 is 39.6 Å². The molecule has 2 N–H and O–H groups in total. The first-order valence-corrected chi connectivity index (χ1v) is 5.53. The van der Waals surface area contributed by atoms with Gasteiger partial charge in [-0.1, -0.05) is 12.1 Å². The van der Waals surface area contributed by atoms with E-state index in [1.807, 2.05) is 0 Å². The molecule has 0 aromatic heterocycles. The highest BCUT2D eigenvalue weighted by Gasteiger charge is 2.19. The van der Waals surface area contributed by atoms with Gasteiger partial charge in [0.15, 0.2) is 0 Å². The van der Waals surface area contributed by atoms with E-state index in [9.17, 15) is 14.4 Å². The highest BCUT2D eigenvalue weighted by atomic mass is 35.5. The van der Waals surface area contributed by atoms with Crippen LogP contribution in [-0.4, -0.2) is 27.4 Å². The van der Waals surface area contributed by atoms with E-state index in [4.69, 9.17) is 21.8 Å². The van der Waals surface area contributed by atoms with Gasteiger partial charge in [-0.05, 0) is 40.6 Å². The van der Waals surface area contributed by atoms with Gasteiger partial charge in [0, 0.05) is 5.56 Å². The van der Waals surface area contributed by atoms with Crippen molar-refractivity contribution in [2.45, 2.75) is 0 Å². The number of halogens is 1. The molecule has 2 rings (SSSR count). The van der Waals surface area contributed by atoms with Crippen molar-refractivity contribution in [3.05, 3.63) is 47.0 Å². The number of hydrogen-bond donors (Lipinski definition) is 2. The van der Waals surface area contributed by atoms with Crippen LogP contribution in [0.4, 0.5) is 0 Å². The molecule has 5 nitrogen and oxygen atoms in total. The van der Waals surface area contributed by atoms with Gasteiger partial charge in [-0.15, -0.1) is 0 Å². The van der Waals surface area contributed by atoms with E-state index in [2.05, 4.69) is 0 Å². The number of carboxylic acid groups (broad SMARTS) is 2. The van der Waals surface area contributed by atoms with E-state index in [0.29, 0.717) is 5.39 Å². The van der Waals surface area contributed by atoms with Crippen molar-refractivity contribution in [3.8, 4) is 0 Å². The van der Waals surface area contributed by atoms with Crippen LogP contribution in [0, 0.1) is 0 Å². The quantitative estimate of drug-likeness (QED) is 0.842. The minimum absolute atomic E-state index is 0.216. The Morgan fingerprint density at radius 1 is 0.947 bits per heavy atom. The molecule has 96 valence electrons. The largest absolute Gasteiger partial charge is 0.478 e. The van der Waals surface area contributed by atoms with Crippen molar-refractivity contribution in [2.24, 2.45) is 0 Å². The lowest BCUT2D eigenvalue weighted by molar-refractivity contribution is 0.0653. The number of benzene rings is 2. The maximum Gasteiger partial charge on any atom is 0.337 e. The number of carboxylic acids is 2. The van der Waals surface area contributed by atoms with Crippen LogP contribution in [0.1, 0.15) is 31.1 Å². The van der Waals surface area contributed by atoms with Crippen LogP contribution in [0.25, 0.3) is 10.8 Å². The Morgan fingerprint density at radius 3 is 2.16 bits per heavy atom. The average Bonchev–Trinajstić information content (AvgIpc) is 2.35. The second-order valence-corrected chi connectivity index (χ2v) is 4.15. The predicted molar refractivity (Wildman–Crippen MR) is 68.1 cm³/mol. The van der Waals surface area contributed by atoms with E-state index in [1.165, 1.54) is 30.3 Å². The molecule has 0 amide bonds. The third kappa shape index (κ3) is 2.28. The van der Waals surface area contributed by atoms with Crippen molar-refractivity contribution in [1.82, 2.24) is 0 Å². The molecule has 0 aliphatic carbocycles. The number of carbonyl (C=O) groups excluding carboxylic acids is 1. The fraction of sp³-hybridized carbons (Fsp3) is 0. The normalized spacial score (nSPS) is 10.4. The molecule has 0 radical (unpaired) electrons. The summed E-state index contributed by atoms with van der Waals surface area (Å²) in [6.07, 6.45) is 0. The Kier molecular flexibility index (Phi) is 3.23. The van der Waals surface area contributed by atoms with Crippen LogP contribution in [-0.2, 0) is 0 Å². The fourth-order valence-corrected chi connectivity index (χ4v) is 1.98. The molecule has 0 heterocycles. The lowest BCUT2D eigenvalue weighted by Gasteiger charge is -2.07. The molecule has 0 bridgehead atoms. The standard InChI is InChI=1S/C13H7ClO5/c14-11(15)7-2-3-8-6(5-7)1-4-9(12(16)17)10(8)13(18)19/h1-5H,(H,16,17)(H,18,19). The highest BCUT2D eigenvalue weighted by molar-refractivity contribution is 6.67. The van der Waals surface area contributed by atoms with E-state index in [1.54, 1.807) is 0 Å². The molecule has 2 aromatic carbocycles. The van der Waals surface area contributed by atoms with Crippen LogP contribution >= 0.6 is 11.6 Å². The minimum Gasteiger partial charge on any atom is -0.478 e. The zero-order valence-corrected chi connectivity index (χ0v) is 10.1. The molecule has 2 aromatic rings. The summed E-state index contributed by atoms with van der Waals surface area (Å²) in [4.78, 5) is 33.2. The topological polar surface area (TPSA) is 91.7 Å². The van der Waals surface area contributed by atoms with Crippen molar-refractivity contribution in [3.63, 3.8) is 0 Å². The first-order valence-electron chi connectivity index (χ1n) is 5.15. The smallest absolute Gasteiger partial charge is 0.337 e. The molecule has 6 heteroatoms. The summed E-state index contributed by atoms with van der Waals surface area (Å²) in [6.45, 7) is 0. The second-order valence-electron chi connectivity index (χ2n) is 3.81. The molecule has 0 aliphatic heterocycles. The zero-order chi connectivity index (χ0) is 14.2. The Morgan fingerprint density at radius 2 is 1.63 bits per heavy atom. The zero-order valence-electron chi connectivity index (χ0n) is 9.38. The predicted octanol–water partition coefficient (Wildman–Crippen LogP) is 2.62. The summed E-state index contributed by atoms with van der Waals surface area (Å²) in [7, 11) is 0. The molecular weight excluding hydrogens is 272 g/mol. The third-order valence-electron chi connectivity index (χ3n) is 2.69. The van der Waals surface area contributed by atoms with Gasteiger partial charge in [-0.3, -0.25) is 4.79 Å². The summed E-state index contributed by atoms with van der Waals surface area (Å²) >= 11 is 5.34. The molecule has 0 unspecified atom stereocenters. The number of hydrogen-bond acceptors (Lipinski definition) is 3. The van der Waals surface area contributed by atoms with E-state index in [0.717, 1.165) is 0 Å². The molecular formula is C13H7ClO5. The van der Waals surface area contributed by atoms with Crippen LogP contribution in [0.15, 0.2) is 30.3 Å². The number of aromatic carboxylic acids is 2. The summed E-state index contributed by atoms with van der Waals surface area (Å²) in [5.41, 5.74) is -0.392. The van der Waals surface area contributed by atoms with Gasteiger partial charge in [-0.2, -0.15) is 0 Å². The lowest BCUT2D eigenvalue weighted by atomic mass is 9.97. The van der Waals surface area contributed by atoms with E-state index in [-0.39, 0.29) is 22.1 Å². The van der Waals surface area contributed by atoms with Gasteiger partial charge in [0.05, 0.1) is 11.1 Å². The van der Waals surface area contributed by atoms with Crippen LogP contribution in [0.2, 0.25) is 0 Å². The van der Waals surface area contributed by atoms with Gasteiger partial charge in [0.1, 0.15) is 0 Å². The lowest BCUT2D eigenvalue weighted by Crippen LogP contribution is -2.08. The van der Waals surface area contributed by atoms with Gasteiger partial charge in [0.25, 0.3) is 5.24 Å². The second kappa shape index (κ2) is 4.70. The molecule has 0 saturated carbocycles. The molecule has 0 spiro atoms. The Bertz CT molecular complexity index is 720. The highest BCUT2D eigenvalue weighted by Crippen LogP contribution is 2.24. The molecule has 0 atom stereocenters. The van der Waals surface area contributed by atoms with E-state index < -0.39 is 17.2 Å². The summed E-state index contributed by atoms with van der Waals surface area (Å²) in [6, 6.07) is 6.78. The maximum atomic E-state index is 11.2. The van der Waals surface area contributed by atoms with Crippen LogP contribution in [0.5, 0.6) is 0 Å². The third-order valence-corrected chi connectivity index (χ3v) is 2.91. The van der Waals surface area contributed by atoms with Gasteiger partial charge in [0.2, 0.25) is 0 Å².